The maximum Gasteiger partial charge on any atom is 0.241 e. The Kier molecular flexibility index (Phi) is 6.30. The van der Waals surface area contributed by atoms with Gasteiger partial charge in [0.15, 0.2) is 0 Å². The first-order chi connectivity index (χ1) is 11.9. The van der Waals surface area contributed by atoms with Gasteiger partial charge in [-0.05, 0) is 5.56 Å². The molecule has 0 saturated heterocycles. The second-order valence-electron chi connectivity index (χ2n) is 6.32. The van der Waals surface area contributed by atoms with Gasteiger partial charge >= 0.3 is 0 Å². The van der Waals surface area contributed by atoms with Crippen LogP contribution in [0.5, 0.6) is 0 Å². The maximum absolute atomic E-state index is 12.3. The highest BCUT2D eigenvalue weighted by molar-refractivity contribution is 5.87. The van der Waals surface area contributed by atoms with Gasteiger partial charge < -0.3 is 20.1 Å². The highest BCUT2D eigenvalue weighted by Crippen LogP contribution is 2.06. The third-order valence-corrected chi connectivity index (χ3v) is 3.89. The molecule has 25 heavy (non-hydrogen) atoms. The molecule has 7 nitrogen and oxygen atoms in total. The van der Waals surface area contributed by atoms with Gasteiger partial charge in [-0.15, -0.1) is 0 Å². The number of rotatable bonds is 7. The molecule has 2 aromatic rings. The molecule has 0 aliphatic heterocycles. The lowest BCUT2D eigenvalue weighted by atomic mass is 10.1. The molecule has 0 radical (unpaired) electrons. The lowest BCUT2D eigenvalue weighted by Crippen LogP contribution is -2.46. The van der Waals surface area contributed by atoms with E-state index in [0.29, 0.717) is 13.0 Å². The van der Waals surface area contributed by atoms with E-state index in [-0.39, 0.29) is 18.4 Å². The van der Waals surface area contributed by atoms with Gasteiger partial charge in [0.1, 0.15) is 0 Å². The second-order valence-corrected chi connectivity index (χ2v) is 6.32. The third kappa shape index (κ3) is 5.42. The fraction of sp³-hybridized carbons (Fsp3) is 0.389. The van der Waals surface area contributed by atoms with E-state index in [4.69, 9.17) is 5.73 Å². The van der Waals surface area contributed by atoms with E-state index in [2.05, 4.69) is 4.98 Å². The summed E-state index contributed by atoms with van der Waals surface area (Å²) in [6, 6.07) is 9.33. The average Bonchev–Trinajstić information content (AvgIpc) is 3.01. The molecule has 0 aliphatic carbocycles. The van der Waals surface area contributed by atoms with Crippen molar-refractivity contribution in [3.8, 4) is 0 Å². The Bertz CT molecular complexity index is 711. The van der Waals surface area contributed by atoms with Crippen LogP contribution < -0.4 is 5.73 Å². The second kappa shape index (κ2) is 8.43. The van der Waals surface area contributed by atoms with E-state index >= 15 is 0 Å². The standard InChI is InChI=1S/C18H25N5O2/c1-21(2)17(24)12-22(3)18(25)16(19)9-15-11-23(13-20-15)10-14-7-5-4-6-8-14/h4-8,11,13,16H,9-10,12,19H2,1-3H3/t16-/m0/s1. The molecule has 134 valence electrons. The van der Waals surface area contributed by atoms with Gasteiger partial charge in [-0.25, -0.2) is 4.98 Å². The largest absolute Gasteiger partial charge is 0.347 e. The van der Waals surface area contributed by atoms with Crippen LogP contribution in [0.15, 0.2) is 42.9 Å². The molecule has 1 aromatic carbocycles. The number of hydrogen-bond donors (Lipinski definition) is 1. The molecule has 1 heterocycles. The van der Waals surface area contributed by atoms with Gasteiger partial charge in [-0.2, -0.15) is 0 Å². The van der Waals surface area contributed by atoms with E-state index in [1.807, 2.05) is 41.1 Å². The predicted octanol–water partition coefficient (Wildman–Crippen LogP) is 0.348. The monoisotopic (exact) mass is 343 g/mol. The van der Waals surface area contributed by atoms with Crippen LogP contribution in [0.3, 0.4) is 0 Å². The van der Waals surface area contributed by atoms with E-state index in [1.165, 1.54) is 15.4 Å². The van der Waals surface area contributed by atoms with Gasteiger partial charge in [0.25, 0.3) is 0 Å². The number of carbonyl (C=O) groups is 2. The topological polar surface area (TPSA) is 84.5 Å². The van der Waals surface area contributed by atoms with Gasteiger partial charge in [-0.1, -0.05) is 30.3 Å². The molecule has 2 amide bonds. The van der Waals surface area contributed by atoms with Crippen molar-refractivity contribution >= 4 is 11.8 Å². The number of carbonyl (C=O) groups excluding carboxylic acids is 2. The van der Waals surface area contributed by atoms with Crippen molar-refractivity contribution in [2.45, 2.75) is 19.0 Å². The fourth-order valence-corrected chi connectivity index (χ4v) is 2.41. The summed E-state index contributed by atoms with van der Waals surface area (Å²) < 4.78 is 1.96. The number of aromatic nitrogens is 2. The first-order valence-corrected chi connectivity index (χ1v) is 8.12. The molecule has 7 heteroatoms. The Labute approximate surface area is 148 Å². The Balaban J connectivity index is 1.91. The summed E-state index contributed by atoms with van der Waals surface area (Å²) in [5.41, 5.74) is 7.93. The molecule has 0 spiro atoms. The van der Waals surface area contributed by atoms with Crippen LogP contribution in [0, 0.1) is 0 Å². The van der Waals surface area contributed by atoms with Crippen molar-refractivity contribution in [2.24, 2.45) is 5.73 Å². The Morgan fingerprint density at radius 3 is 2.52 bits per heavy atom. The summed E-state index contributed by atoms with van der Waals surface area (Å²) in [6.07, 6.45) is 3.96. The fourth-order valence-electron chi connectivity index (χ4n) is 2.41. The molecule has 2 rings (SSSR count). The van der Waals surface area contributed by atoms with Crippen molar-refractivity contribution in [3.05, 3.63) is 54.1 Å². The summed E-state index contributed by atoms with van der Waals surface area (Å²) in [5.74, 6) is -0.414. The number of nitrogens with zero attached hydrogens (tertiary/aromatic N) is 4. The van der Waals surface area contributed by atoms with Gasteiger partial charge in [0.2, 0.25) is 11.8 Å². The van der Waals surface area contributed by atoms with Crippen molar-refractivity contribution in [2.75, 3.05) is 27.7 Å². The number of benzene rings is 1. The van der Waals surface area contributed by atoms with Crippen LogP contribution in [0.25, 0.3) is 0 Å². The molecule has 0 bridgehead atoms. The molecular weight excluding hydrogens is 318 g/mol. The van der Waals surface area contributed by atoms with Crippen LogP contribution in [0.2, 0.25) is 0 Å². The normalized spacial score (nSPS) is 11.8. The van der Waals surface area contributed by atoms with Gasteiger partial charge in [-0.3, -0.25) is 9.59 Å². The summed E-state index contributed by atoms with van der Waals surface area (Å²) in [5, 5.41) is 0. The van der Waals surface area contributed by atoms with Crippen LogP contribution in [-0.2, 0) is 22.6 Å². The number of hydrogen-bond acceptors (Lipinski definition) is 4. The third-order valence-electron chi connectivity index (χ3n) is 3.89. The first kappa shape index (κ1) is 18.7. The molecule has 2 N–H and O–H groups in total. The van der Waals surface area contributed by atoms with Crippen molar-refractivity contribution in [1.82, 2.24) is 19.4 Å². The smallest absolute Gasteiger partial charge is 0.241 e. The van der Waals surface area contributed by atoms with E-state index in [0.717, 1.165) is 5.69 Å². The summed E-state index contributed by atoms with van der Waals surface area (Å²) in [6.45, 7) is 0.732. The summed E-state index contributed by atoms with van der Waals surface area (Å²) in [4.78, 5) is 31.1. The van der Waals surface area contributed by atoms with Crippen LogP contribution >= 0.6 is 0 Å². The van der Waals surface area contributed by atoms with E-state index < -0.39 is 6.04 Å². The van der Waals surface area contributed by atoms with Crippen LogP contribution in [0.4, 0.5) is 0 Å². The SMILES string of the molecule is CN(C)C(=O)CN(C)C(=O)[C@@H](N)Cc1cn(Cc2ccccc2)cn1. The van der Waals surface area contributed by atoms with Gasteiger partial charge in [0, 0.05) is 40.3 Å². The predicted molar refractivity (Wildman–Crippen MR) is 95.8 cm³/mol. The first-order valence-electron chi connectivity index (χ1n) is 8.12. The highest BCUT2D eigenvalue weighted by Gasteiger charge is 2.21. The Hall–Kier alpha value is -2.67. The number of nitrogens with two attached hydrogens (primary N) is 1. The lowest BCUT2D eigenvalue weighted by molar-refractivity contribution is -0.138. The zero-order valence-corrected chi connectivity index (χ0v) is 14.9. The molecule has 1 aromatic heterocycles. The average molecular weight is 343 g/mol. The van der Waals surface area contributed by atoms with E-state index in [1.54, 1.807) is 27.5 Å². The summed E-state index contributed by atoms with van der Waals surface area (Å²) >= 11 is 0. The number of likely N-dealkylation sites (N-methyl/N-ethyl adjacent to an activating group) is 2. The minimum atomic E-state index is -0.722. The summed E-state index contributed by atoms with van der Waals surface area (Å²) in [7, 11) is 4.89. The molecule has 0 saturated carbocycles. The van der Waals surface area contributed by atoms with Crippen LogP contribution in [-0.4, -0.2) is 64.9 Å². The molecular formula is C18H25N5O2. The number of imidazole rings is 1. The van der Waals surface area contributed by atoms with Crippen molar-refractivity contribution < 1.29 is 9.59 Å². The molecule has 0 aliphatic rings. The zero-order valence-electron chi connectivity index (χ0n) is 14.9. The number of amides is 2. The lowest BCUT2D eigenvalue weighted by Gasteiger charge is -2.22. The van der Waals surface area contributed by atoms with Crippen molar-refractivity contribution in [1.29, 1.82) is 0 Å². The quantitative estimate of drug-likeness (QED) is 0.786. The Morgan fingerprint density at radius 1 is 1.20 bits per heavy atom. The van der Waals surface area contributed by atoms with Crippen molar-refractivity contribution in [3.63, 3.8) is 0 Å². The van der Waals surface area contributed by atoms with Gasteiger partial charge in [0.05, 0.1) is 24.6 Å². The Morgan fingerprint density at radius 2 is 1.88 bits per heavy atom. The minimum Gasteiger partial charge on any atom is -0.347 e. The minimum absolute atomic E-state index is 0.0159. The molecule has 0 fully saturated rings. The van der Waals surface area contributed by atoms with E-state index in [9.17, 15) is 9.59 Å². The van der Waals surface area contributed by atoms with Crippen LogP contribution in [0.1, 0.15) is 11.3 Å². The molecule has 1 atom stereocenters. The maximum atomic E-state index is 12.3. The zero-order chi connectivity index (χ0) is 18.4. The molecule has 0 unspecified atom stereocenters. The highest BCUT2D eigenvalue weighted by atomic mass is 16.2.